The molecular formula is C19H18ClN3O7S. The van der Waals surface area contributed by atoms with E-state index in [4.69, 9.17) is 16.4 Å². The number of hydrogen-bond donors (Lipinski definition) is 4. The van der Waals surface area contributed by atoms with Crippen LogP contribution in [0, 0.1) is 0 Å². The summed E-state index contributed by atoms with van der Waals surface area (Å²) < 4.78 is 0. The zero-order valence-electron chi connectivity index (χ0n) is 15.9. The van der Waals surface area contributed by atoms with Gasteiger partial charge in [-0.15, -0.1) is 11.8 Å². The predicted molar refractivity (Wildman–Crippen MR) is 111 cm³/mol. The number of fused-ring (bicyclic) bond motifs is 1. The molecule has 4 N–H and O–H groups in total. The third kappa shape index (κ3) is 4.02. The molecule has 1 saturated carbocycles. The Hall–Kier alpha value is -2.92. The molecule has 1 saturated heterocycles. The van der Waals surface area contributed by atoms with E-state index in [1.165, 1.54) is 35.0 Å². The Morgan fingerprint density at radius 2 is 2.06 bits per heavy atom. The van der Waals surface area contributed by atoms with Gasteiger partial charge in [-0.05, 0) is 12.1 Å². The van der Waals surface area contributed by atoms with Gasteiger partial charge in [-0.25, -0.2) is 4.79 Å². The van der Waals surface area contributed by atoms with Crippen molar-refractivity contribution in [3.05, 3.63) is 34.0 Å². The molecular weight excluding hydrogens is 450 g/mol. The van der Waals surface area contributed by atoms with Gasteiger partial charge in [0, 0.05) is 30.2 Å². The summed E-state index contributed by atoms with van der Waals surface area (Å²) in [6.45, 7) is 0. The number of halogens is 1. The van der Waals surface area contributed by atoms with Crippen molar-refractivity contribution in [1.29, 1.82) is 0 Å². The summed E-state index contributed by atoms with van der Waals surface area (Å²) in [6.07, 6.45) is 2.37. The number of carboxylic acids is 1. The smallest absolute Gasteiger partial charge is 0.353 e. The fourth-order valence-electron chi connectivity index (χ4n) is 3.48. The Morgan fingerprint density at radius 1 is 1.32 bits per heavy atom. The van der Waals surface area contributed by atoms with Crippen LogP contribution in [-0.4, -0.2) is 67.5 Å². The number of phenols is 2. The maximum Gasteiger partial charge on any atom is 0.353 e. The first-order valence-corrected chi connectivity index (χ1v) is 10.8. The van der Waals surface area contributed by atoms with Crippen LogP contribution in [0.1, 0.15) is 29.6 Å². The van der Waals surface area contributed by atoms with Gasteiger partial charge in [0.15, 0.2) is 11.5 Å². The number of carbonyl (C=O) groups excluding carboxylic acids is 2. The SMILES string of the molecule is O=C(O)C1=C(C=NOC2CC(NC(=O)c3ccc(O)c(O)c3Cl)C2)CSC2CC(=O)N12. The number of aromatic hydroxyl groups is 2. The Kier molecular flexibility index (Phi) is 5.71. The molecule has 0 radical (unpaired) electrons. The number of benzene rings is 1. The van der Waals surface area contributed by atoms with Gasteiger partial charge in [0.05, 0.1) is 28.6 Å². The maximum atomic E-state index is 12.3. The molecule has 12 heteroatoms. The van der Waals surface area contributed by atoms with Crippen LogP contribution >= 0.6 is 23.4 Å². The summed E-state index contributed by atoms with van der Waals surface area (Å²) in [4.78, 5) is 42.2. The van der Waals surface area contributed by atoms with Gasteiger partial charge in [-0.3, -0.25) is 14.5 Å². The van der Waals surface area contributed by atoms with Crippen molar-refractivity contribution in [3.63, 3.8) is 0 Å². The van der Waals surface area contributed by atoms with E-state index >= 15 is 0 Å². The Morgan fingerprint density at radius 3 is 2.74 bits per heavy atom. The number of rotatable bonds is 6. The van der Waals surface area contributed by atoms with Crippen LogP contribution in [0.3, 0.4) is 0 Å². The molecule has 2 amide bonds. The number of β-lactam (4-membered cyclic amide) rings is 1. The Balaban J connectivity index is 1.30. The fraction of sp³-hybridized carbons (Fsp3) is 0.368. The summed E-state index contributed by atoms with van der Waals surface area (Å²) in [5.41, 5.74) is 0.397. The highest BCUT2D eigenvalue weighted by molar-refractivity contribution is 8.00. The topological polar surface area (TPSA) is 149 Å². The number of thioether (sulfide) groups is 1. The van der Waals surface area contributed by atoms with E-state index in [2.05, 4.69) is 10.5 Å². The van der Waals surface area contributed by atoms with E-state index in [1.54, 1.807) is 0 Å². The first kappa shape index (κ1) is 21.3. The van der Waals surface area contributed by atoms with Gasteiger partial charge in [-0.2, -0.15) is 0 Å². The van der Waals surface area contributed by atoms with E-state index < -0.39 is 23.4 Å². The minimum Gasteiger partial charge on any atom is -0.504 e. The maximum absolute atomic E-state index is 12.3. The zero-order valence-corrected chi connectivity index (χ0v) is 17.5. The lowest BCUT2D eigenvalue weighted by Gasteiger charge is -2.43. The number of hydrogen-bond acceptors (Lipinski definition) is 8. The minimum absolute atomic E-state index is 0.0427. The molecule has 3 aliphatic rings. The number of carbonyl (C=O) groups is 3. The number of nitrogens with one attached hydrogen (secondary N) is 1. The summed E-state index contributed by atoms with van der Waals surface area (Å²) in [6, 6.07) is 2.31. The summed E-state index contributed by atoms with van der Waals surface area (Å²) in [5, 5.41) is 34.7. The van der Waals surface area contributed by atoms with Gasteiger partial charge in [0.25, 0.3) is 5.91 Å². The number of nitrogens with zero attached hydrogens (tertiary/aromatic N) is 2. The molecule has 4 rings (SSSR count). The highest BCUT2D eigenvalue weighted by atomic mass is 35.5. The van der Waals surface area contributed by atoms with Crippen molar-refractivity contribution in [2.24, 2.45) is 5.16 Å². The van der Waals surface area contributed by atoms with Crippen molar-refractivity contribution in [1.82, 2.24) is 10.2 Å². The largest absolute Gasteiger partial charge is 0.504 e. The fourth-order valence-corrected chi connectivity index (χ4v) is 4.94. The van der Waals surface area contributed by atoms with Gasteiger partial charge < -0.3 is 25.5 Å². The van der Waals surface area contributed by atoms with Gasteiger partial charge >= 0.3 is 5.97 Å². The lowest BCUT2D eigenvalue weighted by atomic mass is 9.89. The normalized spacial score (nSPS) is 25.0. The highest BCUT2D eigenvalue weighted by Crippen LogP contribution is 2.39. The van der Waals surface area contributed by atoms with Crippen LogP contribution in [0.4, 0.5) is 0 Å². The Labute approximate surface area is 185 Å². The van der Waals surface area contributed by atoms with Crippen LogP contribution in [0.15, 0.2) is 28.6 Å². The molecule has 1 aliphatic carbocycles. The van der Waals surface area contributed by atoms with E-state index in [0.717, 1.165) is 0 Å². The number of amides is 2. The number of carboxylic acid groups (broad SMARTS) is 1. The molecule has 0 spiro atoms. The molecule has 31 heavy (non-hydrogen) atoms. The van der Waals surface area contributed by atoms with Crippen LogP contribution in [-0.2, 0) is 14.4 Å². The molecule has 164 valence electrons. The third-order valence-electron chi connectivity index (χ3n) is 5.27. The van der Waals surface area contributed by atoms with Gasteiger partial charge in [-0.1, -0.05) is 16.8 Å². The van der Waals surface area contributed by atoms with E-state index in [0.29, 0.717) is 30.6 Å². The second kappa shape index (κ2) is 8.31. The van der Waals surface area contributed by atoms with Crippen LogP contribution in [0.25, 0.3) is 0 Å². The van der Waals surface area contributed by atoms with Gasteiger partial charge in [0.1, 0.15) is 11.8 Å². The van der Waals surface area contributed by atoms with Crippen molar-refractivity contribution < 1.29 is 34.5 Å². The quantitative estimate of drug-likeness (QED) is 0.213. The molecule has 1 aromatic carbocycles. The van der Waals surface area contributed by atoms with Crippen LogP contribution < -0.4 is 5.32 Å². The first-order chi connectivity index (χ1) is 14.8. The second-order valence-corrected chi connectivity index (χ2v) is 8.86. The molecule has 1 aromatic rings. The average Bonchev–Trinajstić information content (AvgIpc) is 2.69. The molecule has 2 aliphatic heterocycles. The number of phenolic OH excluding ortho intramolecular Hbond substituents is 2. The highest BCUT2D eigenvalue weighted by Gasteiger charge is 2.45. The molecule has 10 nitrogen and oxygen atoms in total. The second-order valence-electron chi connectivity index (χ2n) is 7.31. The minimum atomic E-state index is -1.18. The molecule has 0 bridgehead atoms. The summed E-state index contributed by atoms with van der Waals surface area (Å²) in [5.74, 6) is -2.43. The standard InChI is InChI=1S/C19H18ClN3O7S/c20-15-11(1-2-12(24)17(15)26)18(27)22-9-3-10(4-9)30-21-6-8-7-31-14-5-13(25)23(14)16(8)19(28)29/h1-2,6,9-10,14,24,26H,3-5,7H2,(H,22,27)(H,28,29). The molecule has 2 fully saturated rings. The molecule has 1 unspecified atom stereocenters. The van der Waals surface area contributed by atoms with E-state index in [-0.39, 0.29) is 39.7 Å². The van der Waals surface area contributed by atoms with E-state index in [9.17, 15) is 29.7 Å². The average molecular weight is 468 g/mol. The lowest BCUT2D eigenvalue weighted by Crippen LogP contribution is -2.54. The van der Waals surface area contributed by atoms with Crippen molar-refractivity contribution in [3.8, 4) is 11.5 Å². The van der Waals surface area contributed by atoms with Crippen molar-refractivity contribution in [2.75, 3.05) is 5.75 Å². The van der Waals surface area contributed by atoms with Gasteiger partial charge in [0.2, 0.25) is 5.91 Å². The predicted octanol–water partition coefficient (Wildman–Crippen LogP) is 1.66. The van der Waals surface area contributed by atoms with Crippen LogP contribution in [0.5, 0.6) is 11.5 Å². The van der Waals surface area contributed by atoms with Crippen molar-refractivity contribution in [2.45, 2.75) is 36.8 Å². The summed E-state index contributed by atoms with van der Waals surface area (Å²) >= 11 is 7.37. The molecule has 0 aromatic heterocycles. The van der Waals surface area contributed by atoms with Crippen LogP contribution in [0.2, 0.25) is 5.02 Å². The first-order valence-electron chi connectivity index (χ1n) is 9.36. The van der Waals surface area contributed by atoms with E-state index in [1.807, 2.05) is 0 Å². The number of aliphatic carboxylic acids is 1. The van der Waals surface area contributed by atoms with Crippen molar-refractivity contribution >= 4 is 47.4 Å². The monoisotopic (exact) mass is 467 g/mol. The molecule has 1 atom stereocenters. The molecule has 2 heterocycles. The number of oxime groups is 1. The Bertz CT molecular complexity index is 1020. The lowest BCUT2D eigenvalue weighted by molar-refractivity contribution is -0.146. The zero-order chi connectivity index (χ0) is 22.3. The third-order valence-corrected chi connectivity index (χ3v) is 6.90. The summed E-state index contributed by atoms with van der Waals surface area (Å²) in [7, 11) is 0.